The first-order chi connectivity index (χ1) is 13.3. The van der Waals surface area contributed by atoms with Crippen LogP contribution in [-0.4, -0.2) is 12.1 Å². The maximum absolute atomic E-state index is 12.1. The van der Waals surface area contributed by atoms with E-state index in [-0.39, 0.29) is 12.1 Å². The fraction of sp³-hybridized carbons (Fsp3) is 0.960. The number of unbranched alkanes of at least 4 members (excludes halogenated alkanes) is 12. The second-order valence-corrected chi connectivity index (χ2v) is 8.80. The quantitative estimate of drug-likeness (QED) is 0.210. The van der Waals surface area contributed by atoms with Crippen molar-refractivity contribution in [2.75, 3.05) is 0 Å². The minimum atomic E-state index is 0.0577. The van der Waals surface area contributed by atoms with Crippen molar-refractivity contribution in [3.63, 3.8) is 0 Å². The van der Waals surface area contributed by atoms with Gasteiger partial charge in [0.05, 0.1) is 0 Å². The Labute approximate surface area is 170 Å². The monoisotopic (exact) mass is 380 g/mol. The normalized spacial score (nSPS) is 16.5. The van der Waals surface area contributed by atoms with E-state index in [1.165, 1.54) is 116 Å². The second-order valence-electron chi connectivity index (χ2n) is 8.80. The maximum Gasteiger partial charge on any atom is 0.306 e. The molecular formula is C25H48O2. The van der Waals surface area contributed by atoms with Crippen molar-refractivity contribution >= 4 is 5.97 Å². The molecule has 0 saturated heterocycles. The Morgan fingerprint density at radius 1 is 0.630 bits per heavy atom. The number of hydrogen-bond donors (Lipinski definition) is 0. The van der Waals surface area contributed by atoms with Crippen LogP contribution in [0.5, 0.6) is 0 Å². The van der Waals surface area contributed by atoms with Crippen LogP contribution in [0, 0.1) is 0 Å². The zero-order valence-corrected chi connectivity index (χ0v) is 18.5. The van der Waals surface area contributed by atoms with Gasteiger partial charge in [-0.25, -0.2) is 0 Å². The van der Waals surface area contributed by atoms with E-state index in [2.05, 4.69) is 6.92 Å². The maximum atomic E-state index is 12.1. The second kappa shape index (κ2) is 18.8. The lowest BCUT2D eigenvalue weighted by Gasteiger charge is -2.17. The van der Waals surface area contributed by atoms with E-state index in [0.717, 1.165) is 19.3 Å². The lowest BCUT2D eigenvalue weighted by molar-refractivity contribution is -0.150. The van der Waals surface area contributed by atoms with Crippen LogP contribution in [-0.2, 0) is 9.53 Å². The van der Waals surface area contributed by atoms with E-state index >= 15 is 0 Å². The van der Waals surface area contributed by atoms with Gasteiger partial charge in [-0.05, 0) is 32.1 Å². The summed E-state index contributed by atoms with van der Waals surface area (Å²) in [7, 11) is 0. The average Bonchev–Trinajstić information content (AvgIpc) is 2.79. The van der Waals surface area contributed by atoms with Gasteiger partial charge in [0.2, 0.25) is 0 Å². The van der Waals surface area contributed by atoms with Crippen molar-refractivity contribution in [2.45, 2.75) is 154 Å². The molecule has 0 aromatic carbocycles. The van der Waals surface area contributed by atoms with Crippen molar-refractivity contribution < 1.29 is 9.53 Å². The molecule has 2 heteroatoms. The molecule has 0 aromatic heterocycles. The molecule has 0 heterocycles. The van der Waals surface area contributed by atoms with E-state index in [9.17, 15) is 4.79 Å². The average molecular weight is 381 g/mol. The first-order valence-electron chi connectivity index (χ1n) is 12.5. The number of carbonyl (C=O) groups excluding carboxylic acids is 1. The zero-order chi connectivity index (χ0) is 19.4. The smallest absolute Gasteiger partial charge is 0.306 e. The molecule has 0 unspecified atom stereocenters. The lowest BCUT2D eigenvalue weighted by Crippen LogP contribution is -2.18. The first kappa shape index (κ1) is 24.5. The summed E-state index contributed by atoms with van der Waals surface area (Å²) in [5, 5.41) is 0. The third-order valence-electron chi connectivity index (χ3n) is 6.08. The van der Waals surface area contributed by atoms with Gasteiger partial charge >= 0.3 is 5.97 Å². The van der Waals surface area contributed by atoms with Crippen LogP contribution < -0.4 is 0 Å². The van der Waals surface area contributed by atoms with Gasteiger partial charge in [0, 0.05) is 6.42 Å². The molecule has 1 fully saturated rings. The van der Waals surface area contributed by atoms with E-state index < -0.39 is 0 Å². The molecule has 0 aromatic rings. The highest BCUT2D eigenvalue weighted by molar-refractivity contribution is 5.69. The molecule has 1 saturated carbocycles. The highest BCUT2D eigenvalue weighted by atomic mass is 16.5. The van der Waals surface area contributed by atoms with E-state index in [4.69, 9.17) is 4.74 Å². The Hall–Kier alpha value is -0.530. The number of ether oxygens (including phenoxy) is 1. The van der Waals surface area contributed by atoms with Gasteiger partial charge in [0.1, 0.15) is 6.10 Å². The van der Waals surface area contributed by atoms with E-state index in [1.807, 2.05) is 0 Å². The number of rotatable bonds is 15. The summed E-state index contributed by atoms with van der Waals surface area (Å²) in [4.78, 5) is 12.1. The number of hydrogen-bond acceptors (Lipinski definition) is 2. The summed E-state index contributed by atoms with van der Waals surface area (Å²) in [5.74, 6) is 0.0577. The van der Waals surface area contributed by atoms with Gasteiger partial charge in [-0.1, -0.05) is 110 Å². The summed E-state index contributed by atoms with van der Waals surface area (Å²) in [6.45, 7) is 2.28. The van der Waals surface area contributed by atoms with Crippen LogP contribution in [0.2, 0.25) is 0 Å². The molecular weight excluding hydrogens is 332 g/mol. The summed E-state index contributed by atoms with van der Waals surface area (Å²) >= 11 is 0. The third kappa shape index (κ3) is 16.2. The predicted molar refractivity (Wildman–Crippen MR) is 117 cm³/mol. The predicted octanol–water partition coefficient (Wildman–Crippen LogP) is 8.51. The number of esters is 1. The van der Waals surface area contributed by atoms with Crippen molar-refractivity contribution in [1.29, 1.82) is 0 Å². The molecule has 0 N–H and O–H groups in total. The standard InChI is InChI=1S/C25H48O2/c1-2-3-4-5-6-7-8-9-10-11-12-17-20-23-25(26)27-24-21-18-15-13-14-16-19-22-24/h24H,2-23H2,1H3. The van der Waals surface area contributed by atoms with E-state index in [1.54, 1.807) is 0 Å². The number of carbonyl (C=O) groups is 1. The van der Waals surface area contributed by atoms with Crippen molar-refractivity contribution in [3.8, 4) is 0 Å². The Balaban J connectivity index is 1.86. The SMILES string of the molecule is CCCCCCCCCCCCCCCC(=O)OC1CCCCCCCC1. The van der Waals surface area contributed by atoms with Gasteiger partial charge in [-0.2, -0.15) is 0 Å². The summed E-state index contributed by atoms with van der Waals surface area (Å²) in [5.41, 5.74) is 0. The van der Waals surface area contributed by atoms with E-state index in [0.29, 0.717) is 6.42 Å². The first-order valence-corrected chi connectivity index (χ1v) is 12.5. The molecule has 0 radical (unpaired) electrons. The molecule has 0 bridgehead atoms. The van der Waals surface area contributed by atoms with Crippen LogP contribution in [0.15, 0.2) is 0 Å². The molecule has 1 aliphatic carbocycles. The molecule has 0 spiro atoms. The molecule has 0 aliphatic heterocycles. The molecule has 0 amide bonds. The van der Waals surface area contributed by atoms with Crippen LogP contribution in [0.3, 0.4) is 0 Å². The Kier molecular flexibility index (Phi) is 17.1. The van der Waals surface area contributed by atoms with Gasteiger partial charge in [0.15, 0.2) is 0 Å². The fourth-order valence-electron chi connectivity index (χ4n) is 4.25. The largest absolute Gasteiger partial charge is 0.462 e. The minimum absolute atomic E-state index is 0.0577. The molecule has 1 rings (SSSR count). The van der Waals surface area contributed by atoms with Crippen LogP contribution in [0.1, 0.15) is 148 Å². The van der Waals surface area contributed by atoms with Crippen LogP contribution in [0.25, 0.3) is 0 Å². The van der Waals surface area contributed by atoms with Crippen LogP contribution >= 0.6 is 0 Å². The van der Waals surface area contributed by atoms with Gasteiger partial charge in [-0.3, -0.25) is 4.79 Å². The third-order valence-corrected chi connectivity index (χ3v) is 6.08. The van der Waals surface area contributed by atoms with Gasteiger partial charge < -0.3 is 4.74 Å². The van der Waals surface area contributed by atoms with Gasteiger partial charge in [-0.15, -0.1) is 0 Å². The summed E-state index contributed by atoms with van der Waals surface area (Å²) in [6, 6.07) is 0. The molecule has 2 nitrogen and oxygen atoms in total. The summed E-state index contributed by atoms with van der Waals surface area (Å²) in [6.07, 6.45) is 28.3. The van der Waals surface area contributed by atoms with Crippen molar-refractivity contribution in [3.05, 3.63) is 0 Å². The lowest BCUT2D eigenvalue weighted by atomic mass is 10.0. The Bertz CT molecular complexity index is 316. The minimum Gasteiger partial charge on any atom is -0.462 e. The Morgan fingerprint density at radius 3 is 1.52 bits per heavy atom. The van der Waals surface area contributed by atoms with Crippen molar-refractivity contribution in [2.24, 2.45) is 0 Å². The Morgan fingerprint density at radius 2 is 1.04 bits per heavy atom. The van der Waals surface area contributed by atoms with Gasteiger partial charge in [0.25, 0.3) is 0 Å². The topological polar surface area (TPSA) is 26.3 Å². The fourth-order valence-corrected chi connectivity index (χ4v) is 4.25. The van der Waals surface area contributed by atoms with Crippen molar-refractivity contribution in [1.82, 2.24) is 0 Å². The molecule has 0 atom stereocenters. The summed E-state index contributed by atoms with van der Waals surface area (Å²) < 4.78 is 5.75. The molecule has 160 valence electrons. The molecule has 1 aliphatic rings. The highest BCUT2D eigenvalue weighted by Gasteiger charge is 2.15. The van der Waals surface area contributed by atoms with Crippen LogP contribution in [0.4, 0.5) is 0 Å². The molecule has 27 heavy (non-hydrogen) atoms. The zero-order valence-electron chi connectivity index (χ0n) is 18.5. The highest BCUT2D eigenvalue weighted by Crippen LogP contribution is 2.20.